The van der Waals surface area contributed by atoms with E-state index in [4.69, 9.17) is 33.1 Å². The van der Waals surface area contributed by atoms with E-state index >= 15 is 0 Å². The molecule has 20 nitrogen and oxygen atoms in total. The molecule has 0 aliphatic rings. The number of carboxylic acids is 1. The van der Waals surface area contributed by atoms with Crippen molar-refractivity contribution in [2.24, 2.45) is 17.2 Å². The number of carbonyl (C=O) groups excluding carboxylic acids is 4. The van der Waals surface area contributed by atoms with Crippen LogP contribution in [0.15, 0.2) is 24.3 Å². The molecule has 46 heavy (non-hydrogen) atoms. The average Bonchev–Trinajstić information content (AvgIpc) is 2.98. The summed E-state index contributed by atoms with van der Waals surface area (Å²) in [6.07, 6.45) is -0.00458. The molecule has 0 bridgehead atoms. The number of hydrogen-bond donors (Lipinski definition) is 12. The second-order valence-corrected chi connectivity index (χ2v) is 10.2. The van der Waals surface area contributed by atoms with E-state index < -0.39 is 58.7 Å². The molecule has 0 saturated heterocycles. The van der Waals surface area contributed by atoms with E-state index in [9.17, 15) is 34.1 Å². The fraction of sp³-hybridized carbons (Fsp3) is 0.500. The Kier molecular flexibility index (Phi) is 16.5. The van der Waals surface area contributed by atoms with Crippen LogP contribution in [0, 0.1) is 20.9 Å². The minimum Gasteiger partial charge on any atom is -0.481 e. The zero-order valence-corrected chi connectivity index (χ0v) is 25.3. The van der Waals surface area contributed by atoms with Gasteiger partial charge in [0.1, 0.15) is 18.1 Å². The summed E-state index contributed by atoms with van der Waals surface area (Å²) in [6, 6.07) is 0.268. The van der Waals surface area contributed by atoms with Crippen molar-refractivity contribution in [1.82, 2.24) is 26.6 Å². The molecule has 0 saturated carbocycles. The zero-order chi connectivity index (χ0) is 34.8. The summed E-state index contributed by atoms with van der Waals surface area (Å²) in [5, 5.41) is 49.5. The maximum absolute atomic E-state index is 13.4. The monoisotopic (exact) mass is 650 g/mol. The number of guanidine groups is 2. The molecule has 4 atom stereocenters. The second-order valence-electron chi connectivity index (χ2n) is 10.2. The van der Waals surface area contributed by atoms with Crippen LogP contribution >= 0.6 is 0 Å². The van der Waals surface area contributed by atoms with Crippen molar-refractivity contribution in [3.05, 3.63) is 34.4 Å². The van der Waals surface area contributed by atoms with Crippen LogP contribution in [-0.4, -0.2) is 88.8 Å². The zero-order valence-electron chi connectivity index (χ0n) is 25.3. The van der Waals surface area contributed by atoms with E-state index in [1.807, 2.05) is 0 Å². The molecule has 0 aliphatic heterocycles. The lowest BCUT2D eigenvalue weighted by atomic mass is 10.1. The Morgan fingerprint density at radius 3 is 1.76 bits per heavy atom. The molecule has 0 spiro atoms. The van der Waals surface area contributed by atoms with Crippen LogP contribution in [0.1, 0.15) is 45.4 Å². The van der Waals surface area contributed by atoms with Crippen LogP contribution in [0.25, 0.3) is 0 Å². The molecule has 0 radical (unpaired) electrons. The van der Waals surface area contributed by atoms with Gasteiger partial charge >= 0.3 is 5.97 Å². The Morgan fingerprint density at radius 1 is 0.826 bits per heavy atom. The van der Waals surface area contributed by atoms with Gasteiger partial charge in [0.15, 0.2) is 11.9 Å². The molecule has 0 unspecified atom stereocenters. The van der Waals surface area contributed by atoms with Crippen molar-refractivity contribution in [2.45, 2.75) is 69.6 Å². The van der Waals surface area contributed by atoms with Crippen molar-refractivity contribution in [1.29, 1.82) is 10.8 Å². The summed E-state index contributed by atoms with van der Waals surface area (Å²) in [5.74, 6) is -4.72. The van der Waals surface area contributed by atoms with E-state index in [2.05, 4.69) is 31.9 Å². The summed E-state index contributed by atoms with van der Waals surface area (Å²) in [7, 11) is 0. The predicted molar refractivity (Wildman–Crippen MR) is 166 cm³/mol. The van der Waals surface area contributed by atoms with Crippen LogP contribution in [0.2, 0.25) is 0 Å². The standard InChI is InChI=1S/C26H42N12O8/c1-14(21(41)35-15-6-8-16(9-7-15)38(45)46)34-23(43)18(4-2-12-32-25(28)29)37-24(44)19(5-3-13-33-26(30)31)36-22(42)17(27)10-11-20(39)40/h6-9,14,17-19H,2-5,10-13,27H2,1H3,(H,34,43)(H,35,41)(H,36,42)(H,37,44)(H,39,40)(H4,28,29,32)(H4,30,31,33)/t14-,17-,18-,19-/m0/s1. The number of carbonyl (C=O) groups is 5. The molecule has 1 aromatic rings. The maximum atomic E-state index is 13.4. The van der Waals surface area contributed by atoms with Crippen molar-refractivity contribution in [3.63, 3.8) is 0 Å². The number of amides is 4. The second kappa shape index (κ2) is 19.7. The average molecular weight is 651 g/mol. The molecule has 15 N–H and O–H groups in total. The van der Waals surface area contributed by atoms with Gasteiger partial charge in [-0.1, -0.05) is 0 Å². The van der Waals surface area contributed by atoms with Crippen LogP contribution < -0.4 is 49.1 Å². The fourth-order valence-corrected chi connectivity index (χ4v) is 3.85. The first-order valence-corrected chi connectivity index (χ1v) is 14.2. The Hall–Kier alpha value is -5.53. The van der Waals surface area contributed by atoms with Gasteiger partial charge in [-0.2, -0.15) is 0 Å². The van der Waals surface area contributed by atoms with Crippen molar-refractivity contribution in [2.75, 3.05) is 18.4 Å². The minimum atomic E-state index is -1.23. The summed E-state index contributed by atoms with van der Waals surface area (Å²) in [6.45, 7) is 1.75. The quantitative estimate of drug-likeness (QED) is 0.0233. The molecule has 0 fully saturated rings. The molecular formula is C26H42N12O8. The van der Waals surface area contributed by atoms with Gasteiger partial charge in [0.05, 0.1) is 11.0 Å². The van der Waals surface area contributed by atoms with Crippen LogP contribution in [0.4, 0.5) is 11.4 Å². The minimum absolute atomic E-state index is 0.0256. The molecule has 0 aromatic heterocycles. The van der Waals surface area contributed by atoms with Crippen LogP contribution in [-0.2, 0) is 24.0 Å². The third-order valence-electron chi connectivity index (χ3n) is 6.34. The molecule has 4 amide bonds. The van der Waals surface area contributed by atoms with E-state index in [0.29, 0.717) is 0 Å². The number of nitrogens with two attached hydrogens (primary N) is 3. The number of nitro groups is 1. The first-order valence-electron chi connectivity index (χ1n) is 14.2. The van der Waals surface area contributed by atoms with Gasteiger partial charge in [0.25, 0.3) is 5.69 Å². The first kappa shape index (κ1) is 38.5. The molecule has 1 aromatic carbocycles. The van der Waals surface area contributed by atoms with E-state index in [0.717, 1.165) is 0 Å². The lowest BCUT2D eigenvalue weighted by molar-refractivity contribution is -0.384. The maximum Gasteiger partial charge on any atom is 0.303 e. The number of nitrogens with one attached hydrogen (secondary N) is 8. The lowest BCUT2D eigenvalue weighted by Gasteiger charge is -2.25. The Morgan fingerprint density at radius 2 is 1.30 bits per heavy atom. The number of rotatable bonds is 20. The third kappa shape index (κ3) is 15.3. The summed E-state index contributed by atoms with van der Waals surface area (Å²) in [4.78, 5) is 73.1. The first-order chi connectivity index (χ1) is 21.6. The molecule has 0 heterocycles. The Bertz CT molecular complexity index is 1260. The highest BCUT2D eigenvalue weighted by atomic mass is 16.6. The highest BCUT2D eigenvalue weighted by Gasteiger charge is 2.29. The number of benzene rings is 1. The van der Waals surface area contributed by atoms with Gasteiger partial charge in [-0.05, 0) is 51.2 Å². The predicted octanol–water partition coefficient (Wildman–Crippen LogP) is -2.27. The van der Waals surface area contributed by atoms with Crippen molar-refractivity contribution < 1.29 is 34.0 Å². The number of anilines is 1. The molecule has 20 heteroatoms. The number of nitrogens with zero attached hydrogens (tertiary/aromatic N) is 1. The molecular weight excluding hydrogens is 608 g/mol. The van der Waals surface area contributed by atoms with Crippen molar-refractivity contribution >= 4 is 52.9 Å². The van der Waals surface area contributed by atoms with E-state index in [-0.39, 0.29) is 74.9 Å². The number of aliphatic carboxylic acids is 1. The van der Waals surface area contributed by atoms with Crippen molar-refractivity contribution in [3.8, 4) is 0 Å². The van der Waals surface area contributed by atoms with Gasteiger partial charge in [-0.25, -0.2) is 0 Å². The SMILES string of the molecule is C[C@H](NC(=O)[C@H](CCCNC(=N)N)NC(=O)[C@H](CCCNC(=N)N)NC(=O)[C@@H](N)CCC(=O)O)C(=O)Nc1ccc([N+](=O)[O-])cc1. The Balaban J connectivity index is 3.04. The van der Waals surface area contributed by atoms with Gasteiger partial charge in [-0.15, -0.1) is 0 Å². The van der Waals surface area contributed by atoms with Crippen LogP contribution in [0.5, 0.6) is 0 Å². The highest BCUT2D eigenvalue weighted by molar-refractivity contribution is 5.98. The molecule has 0 aliphatic carbocycles. The van der Waals surface area contributed by atoms with Crippen LogP contribution in [0.3, 0.4) is 0 Å². The summed E-state index contributed by atoms with van der Waals surface area (Å²) in [5.41, 5.74) is 16.4. The molecule has 1 rings (SSSR count). The summed E-state index contributed by atoms with van der Waals surface area (Å²) >= 11 is 0. The molecule has 254 valence electrons. The Labute approximate surface area is 264 Å². The number of carboxylic acid groups (broad SMARTS) is 1. The lowest BCUT2D eigenvalue weighted by Crippen LogP contribution is -2.57. The normalized spacial score (nSPS) is 13.1. The third-order valence-corrected chi connectivity index (χ3v) is 6.34. The number of nitro benzene ring substituents is 1. The summed E-state index contributed by atoms with van der Waals surface area (Å²) < 4.78 is 0. The number of non-ortho nitro benzene ring substituents is 1. The van der Waals surface area contributed by atoms with E-state index in [1.165, 1.54) is 31.2 Å². The van der Waals surface area contributed by atoms with Gasteiger partial charge in [0.2, 0.25) is 23.6 Å². The topological polar surface area (TPSA) is 347 Å². The number of hydrogen-bond acceptors (Lipinski definition) is 10. The smallest absolute Gasteiger partial charge is 0.303 e. The van der Waals surface area contributed by atoms with E-state index in [1.54, 1.807) is 0 Å². The largest absolute Gasteiger partial charge is 0.481 e. The van der Waals surface area contributed by atoms with Gasteiger partial charge in [-0.3, -0.25) is 44.9 Å². The van der Waals surface area contributed by atoms with Gasteiger partial charge in [0, 0.05) is 37.3 Å². The highest BCUT2D eigenvalue weighted by Crippen LogP contribution is 2.15. The fourth-order valence-electron chi connectivity index (χ4n) is 3.85. The van der Waals surface area contributed by atoms with Gasteiger partial charge < -0.3 is 54.2 Å².